The van der Waals surface area contributed by atoms with Crippen LogP contribution >= 0.6 is 0 Å². The maximum atomic E-state index is 11.1. The molecule has 6 nitrogen and oxygen atoms in total. The molecule has 6 heteroatoms. The van der Waals surface area contributed by atoms with Crippen LogP contribution in [0.4, 0.5) is 11.4 Å². The summed E-state index contributed by atoms with van der Waals surface area (Å²) in [5.74, 6) is -0.393. The van der Waals surface area contributed by atoms with Gasteiger partial charge in [-0.15, -0.1) is 0 Å². The van der Waals surface area contributed by atoms with Gasteiger partial charge in [-0.2, -0.15) is 0 Å². The SMILES string of the molecule is CN1CC(c2ccco2)Nc2c1coc2C(=O)O. The first-order valence-electron chi connectivity index (χ1n) is 5.52. The van der Waals surface area contributed by atoms with E-state index in [4.69, 9.17) is 13.9 Å². The van der Waals surface area contributed by atoms with Crippen molar-refractivity contribution in [1.82, 2.24) is 0 Å². The average molecular weight is 248 g/mol. The Labute approximate surface area is 103 Å². The van der Waals surface area contributed by atoms with E-state index in [1.807, 2.05) is 18.0 Å². The molecular weight excluding hydrogens is 236 g/mol. The normalized spacial score (nSPS) is 18.3. The topological polar surface area (TPSA) is 78.9 Å². The molecule has 3 rings (SSSR count). The molecule has 0 fully saturated rings. The summed E-state index contributed by atoms with van der Waals surface area (Å²) in [6.45, 7) is 0.680. The van der Waals surface area contributed by atoms with Gasteiger partial charge in [0.2, 0.25) is 5.76 Å². The third-order valence-electron chi connectivity index (χ3n) is 3.04. The minimum atomic E-state index is -1.09. The number of furan rings is 2. The second-order valence-corrected chi connectivity index (χ2v) is 4.22. The molecule has 0 aliphatic carbocycles. The summed E-state index contributed by atoms with van der Waals surface area (Å²) in [6.07, 6.45) is 3.05. The van der Waals surface area contributed by atoms with Crippen molar-refractivity contribution < 1.29 is 18.7 Å². The number of likely N-dealkylation sites (N-methyl/N-ethyl adjacent to an activating group) is 1. The highest BCUT2D eigenvalue weighted by Crippen LogP contribution is 2.38. The Hall–Kier alpha value is -2.37. The highest BCUT2D eigenvalue weighted by atomic mass is 16.4. The van der Waals surface area contributed by atoms with E-state index in [-0.39, 0.29) is 11.8 Å². The Morgan fingerprint density at radius 1 is 1.56 bits per heavy atom. The molecule has 0 saturated heterocycles. The molecule has 1 atom stereocenters. The molecule has 2 aromatic rings. The first-order valence-corrected chi connectivity index (χ1v) is 5.52. The molecule has 0 bridgehead atoms. The van der Waals surface area contributed by atoms with E-state index in [0.29, 0.717) is 12.2 Å². The number of carboxylic acids is 1. The van der Waals surface area contributed by atoms with Crippen molar-refractivity contribution in [3.63, 3.8) is 0 Å². The largest absolute Gasteiger partial charge is 0.475 e. The molecule has 0 aromatic carbocycles. The Balaban J connectivity index is 1.99. The summed E-state index contributed by atoms with van der Waals surface area (Å²) >= 11 is 0. The standard InChI is InChI=1S/C12H12N2O4/c1-14-5-7(9-3-2-4-17-9)13-10-8(14)6-18-11(10)12(15)16/h2-4,6-7,13H,5H2,1H3,(H,15,16). The Morgan fingerprint density at radius 3 is 3.06 bits per heavy atom. The highest BCUT2D eigenvalue weighted by molar-refractivity contribution is 5.96. The molecule has 3 heterocycles. The van der Waals surface area contributed by atoms with Crippen molar-refractivity contribution in [1.29, 1.82) is 0 Å². The van der Waals surface area contributed by atoms with Gasteiger partial charge in [-0.1, -0.05) is 0 Å². The second-order valence-electron chi connectivity index (χ2n) is 4.22. The van der Waals surface area contributed by atoms with Crippen LogP contribution in [0.1, 0.15) is 22.4 Å². The summed E-state index contributed by atoms with van der Waals surface area (Å²) in [4.78, 5) is 13.0. The molecule has 2 N–H and O–H groups in total. The van der Waals surface area contributed by atoms with Crippen LogP contribution in [0.3, 0.4) is 0 Å². The second kappa shape index (κ2) is 3.83. The number of hydrogen-bond donors (Lipinski definition) is 2. The third kappa shape index (κ3) is 1.54. The van der Waals surface area contributed by atoms with Crippen LogP contribution in [0.25, 0.3) is 0 Å². The summed E-state index contributed by atoms with van der Waals surface area (Å²) in [5, 5.41) is 12.2. The van der Waals surface area contributed by atoms with E-state index in [9.17, 15) is 4.79 Å². The molecule has 0 saturated carbocycles. The molecular formula is C12H12N2O4. The lowest BCUT2D eigenvalue weighted by molar-refractivity contribution is 0.0663. The van der Waals surface area contributed by atoms with Crippen molar-refractivity contribution in [2.24, 2.45) is 0 Å². The summed E-state index contributed by atoms with van der Waals surface area (Å²) in [7, 11) is 1.89. The van der Waals surface area contributed by atoms with Gasteiger partial charge in [0.05, 0.1) is 12.0 Å². The number of fused-ring (bicyclic) bond motifs is 1. The van der Waals surface area contributed by atoms with Crippen molar-refractivity contribution in [2.75, 3.05) is 23.8 Å². The fraction of sp³-hybridized carbons (Fsp3) is 0.250. The summed E-state index contributed by atoms with van der Waals surface area (Å²) in [5.41, 5.74) is 1.24. The Bertz CT molecular complexity index is 573. The van der Waals surface area contributed by atoms with Crippen LogP contribution in [0.15, 0.2) is 33.5 Å². The summed E-state index contributed by atoms with van der Waals surface area (Å²) < 4.78 is 10.4. The van der Waals surface area contributed by atoms with Crippen molar-refractivity contribution >= 4 is 17.3 Å². The molecule has 1 aliphatic heterocycles. The van der Waals surface area contributed by atoms with Crippen LogP contribution in [-0.2, 0) is 0 Å². The lowest BCUT2D eigenvalue weighted by atomic mass is 10.1. The fourth-order valence-electron chi connectivity index (χ4n) is 2.17. The van der Waals surface area contributed by atoms with Crippen LogP contribution in [0.2, 0.25) is 0 Å². The molecule has 0 spiro atoms. The number of carboxylic acid groups (broad SMARTS) is 1. The van der Waals surface area contributed by atoms with Gasteiger partial charge in [-0.25, -0.2) is 4.79 Å². The molecule has 1 unspecified atom stereocenters. The Morgan fingerprint density at radius 2 is 2.39 bits per heavy atom. The number of nitrogens with zero attached hydrogens (tertiary/aromatic N) is 1. The van der Waals surface area contributed by atoms with E-state index >= 15 is 0 Å². The lowest BCUT2D eigenvalue weighted by Crippen LogP contribution is -2.33. The number of carbonyl (C=O) groups is 1. The van der Waals surface area contributed by atoms with Gasteiger partial charge >= 0.3 is 5.97 Å². The molecule has 0 radical (unpaired) electrons. The zero-order valence-electron chi connectivity index (χ0n) is 9.71. The van der Waals surface area contributed by atoms with Gasteiger partial charge < -0.3 is 24.2 Å². The van der Waals surface area contributed by atoms with Crippen LogP contribution in [-0.4, -0.2) is 24.7 Å². The number of nitrogens with one attached hydrogen (secondary N) is 1. The fourth-order valence-corrected chi connectivity index (χ4v) is 2.17. The zero-order chi connectivity index (χ0) is 12.7. The van der Waals surface area contributed by atoms with Crippen molar-refractivity contribution in [3.05, 3.63) is 36.2 Å². The number of anilines is 2. The van der Waals surface area contributed by atoms with Crippen molar-refractivity contribution in [3.8, 4) is 0 Å². The first-order chi connectivity index (χ1) is 8.66. The van der Waals surface area contributed by atoms with E-state index < -0.39 is 5.97 Å². The molecule has 1 aliphatic rings. The third-order valence-corrected chi connectivity index (χ3v) is 3.04. The van der Waals surface area contributed by atoms with E-state index in [1.54, 1.807) is 12.3 Å². The van der Waals surface area contributed by atoms with Gasteiger partial charge in [0.25, 0.3) is 0 Å². The van der Waals surface area contributed by atoms with E-state index in [1.165, 1.54) is 6.26 Å². The first kappa shape index (κ1) is 10.8. The molecule has 2 aromatic heterocycles. The maximum absolute atomic E-state index is 11.1. The monoisotopic (exact) mass is 248 g/mol. The van der Waals surface area contributed by atoms with Crippen LogP contribution in [0, 0.1) is 0 Å². The molecule has 18 heavy (non-hydrogen) atoms. The smallest absolute Gasteiger partial charge is 0.374 e. The van der Waals surface area contributed by atoms with Gasteiger partial charge in [0.1, 0.15) is 23.8 Å². The summed E-state index contributed by atoms with van der Waals surface area (Å²) in [6, 6.07) is 3.57. The predicted octanol–water partition coefficient (Wildman–Crippen LogP) is 2.17. The highest BCUT2D eigenvalue weighted by Gasteiger charge is 2.31. The van der Waals surface area contributed by atoms with Gasteiger partial charge in [0, 0.05) is 13.6 Å². The zero-order valence-corrected chi connectivity index (χ0v) is 9.71. The van der Waals surface area contributed by atoms with Crippen LogP contribution in [0.5, 0.6) is 0 Å². The van der Waals surface area contributed by atoms with Gasteiger partial charge in [0.15, 0.2) is 0 Å². The number of hydrogen-bond acceptors (Lipinski definition) is 5. The van der Waals surface area contributed by atoms with Crippen LogP contribution < -0.4 is 10.2 Å². The number of rotatable bonds is 2. The quantitative estimate of drug-likeness (QED) is 0.848. The minimum absolute atomic E-state index is 0.0758. The minimum Gasteiger partial charge on any atom is -0.475 e. The van der Waals surface area contributed by atoms with Gasteiger partial charge in [-0.05, 0) is 12.1 Å². The van der Waals surface area contributed by atoms with Gasteiger partial charge in [-0.3, -0.25) is 0 Å². The van der Waals surface area contributed by atoms with E-state index in [2.05, 4.69) is 5.32 Å². The maximum Gasteiger partial charge on any atom is 0.374 e. The Kier molecular flexibility index (Phi) is 2.29. The van der Waals surface area contributed by atoms with E-state index in [0.717, 1.165) is 11.4 Å². The molecule has 94 valence electrons. The van der Waals surface area contributed by atoms with Crippen molar-refractivity contribution in [2.45, 2.75) is 6.04 Å². The lowest BCUT2D eigenvalue weighted by Gasteiger charge is -2.31. The average Bonchev–Trinajstić information content (AvgIpc) is 2.97. The number of aromatic carboxylic acids is 1. The predicted molar refractivity (Wildman–Crippen MR) is 64.0 cm³/mol. The molecule has 0 amide bonds.